The largest absolute Gasteiger partial charge is 0.324 e. The van der Waals surface area contributed by atoms with Crippen LogP contribution in [0.4, 0.5) is 10.1 Å². The number of hydrogen-bond acceptors (Lipinski definition) is 3. The minimum atomic E-state index is -0.396. The third-order valence-corrected chi connectivity index (χ3v) is 3.38. The quantitative estimate of drug-likeness (QED) is 0.866. The molecule has 1 heterocycles. The second-order valence-electron chi connectivity index (χ2n) is 6.44. The van der Waals surface area contributed by atoms with Gasteiger partial charge in [-0.2, -0.15) is 0 Å². The van der Waals surface area contributed by atoms with Gasteiger partial charge in [0.15, 0.2) is 0 Å². The van der Waals surface area contributed by atoms with Crippen molar-refractivity contribution in [3.8, 4) is 0 Å². The first kappa shape index (κ1) is 14.9. The van der Waals surface area contributed by atoms with Gasteiger partial charge in [0, 0.05) is 24.3 Å². The van der Waals surface area contributed by atoms with Crippen molar-refractivity contribution < 1.29 is 9.18 Å². The summed E-state index contributed by atoms with van der Waals surface area (Å²) >= 11 is 0. The number of rotatable bonds is 5. The van der Waals surface area contributed by atoms with Crippen LogP contribution in [0.5, 0.6) is 0 Å². The Kier molecular flexibility index (Phi) is 4.11. The van der Waals surface area contributed by atoms with Gasteiger partial charge in [0.1, 0.15) is 11.9 Å². The molecule has 110 valence electrons. The molecule has 0 fully saturated rings. The number of halogens is 1. The molecule has 1 aromatic carbocycles. The zero-order valence-corrected chi connectivity index (χ0v) is 12.5. The molecule has 5 heteroatoms. The summed E-state index contributed by atoms with van der Waals surface area (Å²) in [6, 6.07) is 4.02. The molecule has 0 aromatic heterocycles. The molecule has 0 radical (unpaired) electrons. The average Bonchev–Trinajstić information content (AvgIpc) is 2.59. The summed E-state index contributed by atoms with van der Waals surface area (Å²) in [7, 11) is 4.06. The first-order valence-corrected chi connectivity index (χ1v) is 6.77. The minimum absolute atomic E-state index is 0.0482. The topological polar surface area (TPSA) is 44.4 Å². The van der Waals surface area contributed by atoms with E-state index in [2.05, 4.69) is 29.4 Å². The summed E-state index contributed by atoms with van der Waals surface area (Å²) < 4.78 is 13.2. The Bertz CT molecular complexity index is 514. The Morgan fingerprint density at radius 2 is 2.10 bits per heavy atom. The van der Waals surface area contributed by atoms with E-state index in [0.717, 1.165) is 12.1 Å². The Hall–Kier alpha value is -1.46. The van der Waals surface area contributed by atoms with Crippen LogP contribution in [0.15, 0.2) is 18.2 Å². The van der Waals surface area contributed by atoms with Gasteiger partial charge in [-0.1, -0.05) is 19.9 Å². The average molecular weight is 279 g/mol. The number of amides is 1. The lowest BCUT2D eigenvalue weighted by atomic mass is 9.92. The maximum atomic E-state index is 13.2. The SMILES string of the molecule is CN(C)CC(C)(C)CNC1C(=O)Nc2cc(F)ccc21. The number of carbonyl (C=O) groups excluding carboxylic acids is 1. The number of benzene rings is 1. The summed E-state index contributed by atoms with van der Waals surface area (Å²) in [5.41, 5.74) is 1.43. The van der Waals surface area contributed by atoms with Crippen LogP contribution in [0.3, 0.4) is 0 Å². The normalized spacial score (nSPS) is 18.3. The first-order chi connectivity index (χ1) is 9.28. The molecule has 1 amide bonds. The van der Waals surface area contributed by atoms with Crippen molar-refractivity contribution in [2.45, 2.75) is 19.9 Å². The number of anilines is 1. The van der Waals surface area contributed by atoms with E-state index in [4.69, 9.17) is 0 Å². The number of fused-ring (bicyclic) bond motifs is 1. The van der Waals surface area contributed by atoms with Crippen LogP contribution >= 0.6 is 0 Å². The van der Waals surface area contributed by atoms with E-state index >= 15 is 0 Å². The smallest absolute Gasteiger partial charge is 0.246 e. The summed E-state index contributed by atoms with van der Waals surface area (Å²) in [6.07, 6.45) is 0. The van der Waals surface area contributed by atoms with Crippen LogP contribution in [0.2, 0.25) is 0 Å². The number of nitrogens with zero attached hydrogens (tertiary/aromatic N) is 1. The van der Waals surface area contributed by atoms with Crippen molar-refractivity contribution in [3.05, 3.63) is 29.6 Å². The van der Waals surface area contributed by atoms with Crippen LogP contribution in [-0.4, -0.2) is 38.0 Å². The van der Waals surface area contributed by atoms with Crippen LogP contribution in [-0.2, 0) is 4.79 Å². The van der Waals surface area contributed by atoms with Gasteiger partial charge < -0.3 is 15.5 Å². The van der Waals surface area contributed by atoms with Crippen LogP contribution < -0.4 is 10.6 Å². The third-order valence-electron chi connectivity index (χ3n) is 3.38. The van der Waals surface area contributed by atoms with Gasteiger partial charge in [-0.25, -0.2) is 4.39 Å². The summed E-state index contributed by atoms with van der Waals surface area (Å²) in [6.45, 7) is 5.93. The third kappa shape index (κ3) is 3.35. The summed E-state index contributed by atoms with van der Waals surface area (Å²) in [5, 5.41) is 6.00. The lowest BCUT2D eigenvalue weighted by molar-refractivity contribution is -0.117. The van der Waals surface area contributed by atoms with Crippen molar-refractivity contribution >= 4 is 11.6 Å². The van der Waals surface area contributed by atoms with E-state index in [0.29, 0.717) is 12.2 Å². The number of carbonyl (C=O) groups is 1. The van der Waals surface area contributed by atoms with Crippen molar-refractivity contribution in [2.75, 3.05) is 32.5 Å². The van der Waals surface area contributed by atoms with Crippen LogP contribution in [0.1, 0.15) is 25.5 Å². The zero-order chi connectivity index (χ0) is 14.9. The van der Waals surface area contributed by atoms with Gasteiger partial charge in [-0.15, -0.1) is 0 Å². The van der Waals surface area contributed by atoms with Gasteiger partial charge in [0.2, 0.25) is 5.91 Å². The molecular weight excluding hydrogens is 257 g/mol. The fourth-order valence-electron chi connectivity index (χ4n) is 2.73. The summed E-state index contributed by atoms with van der Waals surface area (Å²) in [5.74, 6) is -0.455. The molecule has 1 atom stereocenters. The number of nitrogens with one attached hydrogen (secondary N) is 2. The van der Waals surface area contributed by atoms with Gasteiger partial charge in [-0.3, -0.25) is 4.79 Å². The zero-order valence-electron chi connectivity index (χ0n) is 12.5. The standard InChI is InChI=1S/C15H22FN3O/c1-15(2,9-19(3)4)8-17-13-11-6-5-10(16)7-12(11)18-14(13)20/h5-7,13,17H,8-9H2,1-4H3,(H,18,20). The second kappa shape index (κ2) is 5.50. The molecule has 0 aliphatic carbocycles. The second-order valence-corrected chi connectivity index (χ2v) is 6.44. The number of hydrogen-bond donors (Lipinski definition) is 2. The van der Waals surface area contributed by atoms with Gasteiger partial charge >= 0.3 is 0 Å². The lowest BCUT2D eigenvalue weighted by Gasteiger charge is -2.29. The predicted octanol–water partition coefficient (Wildman–Crippen LogP) is 2.00. The first-order valence-electron chi connectivity index (χ1n) is 6.77. The Balaban J connectivity index is 2.06. The van der Waals surface area contributed by atoms with E-state index in [1.807, 2.05) is 14.1 Å². The molecule has 0 spiro atoms. The molecule has 20 heavy (non-hydrogen) atoms. The van der Waals surface area contributed by atoms with E-state index in [9.17, 15) is 9.18 Å². The Labute approximate surface area is 119 Å². The highest BCUT2D eigenvalue weighted by Crippen LogP contribution is 2.31. The van der Waals surface area contributed by atoms with Gasteiger partial charge in [0.05, 0.1) is 0 Å². The molecule has 0 bridgehead atoms. The molecule has 0 saturated carbocycles. The highest BCUT2D eigenvalue weighted by molar-refractivity contribution is 6.02. The van der Waals surface area contributed by atoms with E-state index < -0.39 is 6.04 Å². The van der Waals surface area contributed by atoms with Crippen molar-refractivity contribution in [2.24, 2.45) is 5.41 Å². The molecular formula is C15H22FN3O. The highest BCUT2D eigenvalue weighted by atomic mass is 19.1. The Morgan fingerprint density at radius 1 is 1.40 bits per heavy atom. The van der Waals surface area contributed by atoms with Crippen molar-refractivity contribution in [3.63, 3.8) is 0 Å². The predicted molar refractivity (Wildman–Crippen MR) is 78.1 cm³/mol. The van der Waals surface area contributed by atoms with Crippen molar-refractivity contribution in [1.82, 2.24) is 10.2 Å². The molecule has 1 aliphatic heterocycles. The lowest BCUT2D eigenvalue weighted by Crippen LogP contribution is -2.40. The summed E-state index contributed by atoms with van der Waals surface area (Å²) in [4.78, 5) is 14.1. The monoisotopic (exact) mass is 279 g/mol. The fraction of sp³-hybridized carbons (Fsp3) is 0.533. The van der Waals surface area contributed by atoms with E-state index in [-0.39, 0.29) is 17.1 Å². The highest BCUT2D eigenvalue weighted by Gasteiger charge is 2.32. The maximum Gasteiger partial charge on any atom is 0.246 e. The van der Waals surface area contributed by atoms with Gasteiger partial charge in [-0.05, 0) is 31.6 Å². The fourth-order valence-corrected chi connectivity index (χ4v) is 2.73. The minimum Gasteiger partial charge on any atom is -0.324 e. The van der Waals surface area contributed by atoms with Crippen LogP contribution in [0, 0.1) is 11.2 Å². The van der Waals surface area contributed by atoms with Crippen molar-refractivity contribution in [1.29, 1.82) is 0 Å². The molecule has 1 aromatic rings. The van der Waals surface area contributed by atoms with E-state index in [1.165, 1.54) is 12.1 Å². The molecule has 2 rings (SSSR count). The molecule has 4 nitrogen and oxygen atoms in total. The molecule has 2 N–H and O–H groups in total. The Morgan fingerprint density at radius 3 is 2.75 bits per heavy atom. The molecule has 1 unspecified atom stereocenters. The molecule has 0 saturated heterocycles. The van der Waals surface area contributed by atoms with Gasteiger partial charge in [0.25, 0.3) is 0 Å². The van der Waals surface area contributed by atoms with Crippen LogP contribution in [0.25, 0.3) is 0 Å². The van der Waals surface area contributed by atoms with E-state index in [1.54, 1.807) is 6.07 Å². The molecule has 1 aliphatic rings. The maximum absolute atomic E-state index is 13.2.